The van der Waals surface area contributed by atoms with Gasteiger partial charge in [-0.05, 0) is 30.7 Å². The quantitative estimate of drug-likeness (QED) is 0.633. The number of aromatic nitrogens is 2. The van der Waals surface area contributed by atoms with Gasteiger partial charge >= 0.3 is 5.97 Å². The van der Waals surface area contributed by atoms with Gasteiger partial charge in [-0.2, -0.15) is 5.10 Å². The van der Waals surface area contributed by atoms with Crippen molar-refractivity contribution in [1.29, 1.82) is 0 Å². The third-order valence-electron chi connectivity index (χ3n) is 3.91. The number of hydrogen-bond donors (Lipinski definition) is 2. The molecule has 6 nitrogen and oxygen atoms in total. The average molecular weight is 384 g/mol. The first-order chi connectivity index (χ1) is 13.0. The molecule has 3 aromatic rings. The van der Waals surface area contributed by atoms with Crippen molar-refractivity contribution >= 4 is 29.3 Å². The second-order valence-electron chi connectivity index (χ2n) is 5.96. The summed E-state index contributed by atoms with van der Waals surface area (Å²) in [6, 6.07) is 18.5. The first-order valence-corrected chi connectivity index (χ1v) is 8.84. The van der Waals surface area contributed by atoms with Gasteiger partial charge in [-0.1, -0.05) is 41.9 Å². The molecular formula is C20H18ClN3O3. The van der Waals surface area contributed by atoms with Gasteiger partial charge in [0.15, 0.2) is 0 Å². The Morgan fingerprint density at radius 3 is 2.41 bits per heavy atom. The number of anilines is 1. The molecule has 0 aliphatic rings. The van der Waals surface area contributed by atoms with Crippen LogP contribution in [0.2, 0.25) is 5.02 Å². The van der Waals surface area contributed by atoms with Crippen LogP contribution in [0.4, 0.5) is 5.82 Å². The Kier molecular flexibility index (Phi) is 5.88. The van der Waals surface area contributed by atoms with Crippen LogP contribution in [0, 0.1) is 0 Å². The van der Waals surface area contributed by atoms with Crippen LogP contribution in [0.25, 0.3) is 16.9 Å². The number of hydrogen-bond acceptors (Lipinski definition) is 3. The average Bonchev–Trinajstić information content (AvgIpc) is 3.06. The maximum absolute atomic E-state index is 12.2. The van der Waals surface area contributed by atoms with Crippen LogP contribution in [-0.2, 0) is 9.59 Å². The Bertz CT molecular complexity index is 937. The van der Waals surface area contributed by atoms with Gasteiger partial charge in [0.1, 0.15) is 5.82 Å². The maximum Gasteiger partial charge on any atom is 0.303 e. The van der Waals surface area contributed by atoms with Gasteiger partial charge in [0.25, 0.3) is 0 Å². The summed E-state index contributed by atoms with van der Waals surface area (Å²) in [6.45, 7) is 0. The summed E-state index contributed by atoms with van der Waals surface area (Å²) in [4.78, 5) is 22.8. The first kappa shape index (κ1) is 18.7. The van der Waals surface area contributed by atoms with Crippen molar-refractivity contribution in [2.24, 2.45) is 0 Å². The minimum absolute atomic E-state index is 0.0425. The number of benzene rings is 2. The third kappa shape index (κ3) is 4.95. The number of halogens is 1. The molecule has 2 N–H and O–H groups in total. The van der Waals surface area contributed by atoms with E-state index in [2.05, 4.69) is 10.4 Å². The highest BCUT2D eigenvalue weighted by Crippen LogP contribution is 2.25. The van der Waals surface area contributed by atoms with Crippen molar-refractivity contribution in [3.63, 3.8) is 0 Å². The lowest BCUT2D eigenvalue weighted by molar-refractivity contribution is -0.137. The van der Waals surface area contributed by atoms with Gasteiger partial charge in [0, 0.05) is 29.5 Å². The lowest BCUT2D eigenvalue weighted by Crippen LogP contribution is -2.15. The molecule has 0 unspecified atom stereocenters. The van der Waals surface area contributed by atoms with E-state index in [1.54, 1.807) is 22.9 Å². The fraction of sp³-hybridized carbons (Fsp3) is 0.150. The molecule has 2 aromatic carbocycles. The Morgan fingerprint density at radius 2 is 1.74 bits per heavy atom. The van der Waals surface area contributed by atoms with E-state index in [4.69, 9.17) is 16.7 Å². The van der Waals surface area contributed by atoms with Gasteiger partial charge in [-0.25, -0.2) is 4.68 Å². The molecule has 7 heteroatoms. The fourth-order valence-electron chi connectivity index (χ4n) is 2.60. The Labute approximate surface area is 161 Å². The smallest absolute Gasteiger partial charge is 0.303 e. The number of carboxylic acid groups (broad SMARTS) is 1. The molecule has 0 bridgehead atoms. The highest BCUT2D eigenvalue weighted by atomic mass is 35.5. The minimum atomic E-state index is -0.916. The van der Waals surface area contributed by atoms with Crippen molar-refractivity contribution in [1.82, 2.24) is 9.78 Å². The number of amides is 1. The van der Waals surface area contributed by atoms with Crippen molar-refractivity contribution in [2.45, 2.75) is 19.3 Å². The van der Waals surface area contributed by atoms with Crippen molar-refractivity contribution < 1.29 is 14.7 Å². The number of nitrogens with zero attached hydrogens (tertiary/aromatic N) is 2. The molecule has 0 radical (unpaired) electrons. The molecule has 0 saturated heterocycles. The summed E-state index contributed by atoms with van der Waals surface area (Å²) in [5.74, 6) is -0.664. The van der Waals surface area contributed by atoms with Crippen LogP contribution in [0.3, 0.4) is 0 Å². The highest BCUT2D eigenvalue weighted by molar-refractivity contribution is 6.30. The second-order valence-corrected chi connectivity index (χ2v) is 6.40. The SMILES string of the molecule is O=C(O)CCCC(=O)Nc1cc(-c2ccccc2)nn1-c1ccc(Cl)cc1. The number of nitrogens with one attached hydrogen (secondary N) is 1. The topological polar surface area (TPSA) is 84.2 Å². The summed E-state index contributed by atoms with van der Waals surface area (Å²) in [7, 11) is 0. The minimum Gasteiger partial charge on any atom is -0.481 e. The maximum atomic E-state index is 12.2. The molecule has 1 heterocycles. The molecule has 138 valence electrons. The van der Waals surface area contributed by atoms with E-state index in [-0.39, 0.29) is 25.2 Å². The van der Waals surface area contributed by atoms with Crippen molar-refractivity contribution in [2.75, 3.05) is 5.32 Å². The van der Waals surface area contributed by atoms with E-state index in [0.29, 0.717) is 16.5 Å². The Balaban J connectivity index is 1.88. The number of carboxylic acids is 1. The lowest BCUT2D eigenvalue weighted by atomic mass is 10.1. The summed E-state index contributed by atoms with van der Waals surface area (Å²) >= 11 is 5.96. The molecule has 3 rings (SSSR count). The molecule has 0 saturated carbocycles. The molecular weight excluding hydrogens is 366 g/mol. The van der Waals surface area contributed by atoms with Crippen LogP contribution in [0.5, 0.6) is 0 Å². The van der Waals surface area contributed by atoms with E-state index in [1.807, 2.05) is 42.5 Å². The van der Waals surface area contributed by atoms with Gasteiger partial charge in [-0.15, -0.1) is 0 Å². The molecule has 0 aliphatic carbocycles. The summed E-state index contributed by atoms with van der Waals surface area (Å²) in [6.07, 6.45) is 0.361. The van der Waals surface area contributed by atoms with E-state index in [0.717, 1.165) is 11.3 Å². The van der Waals surface area contributed by atoms with Gasteiger partial charge < -0.3 is 10.4 Å². The molecule has 1 amide bonds. The van der Waals surface area contributed by atoms with E-state index < -0.39 is 5.97 Å². The molecule has 0 spiro atoms. The molecule has 0 atom stereocenters. The predicted octanol–water partition coefficient (Wildman–Crippen LogP) is 4.39. The summed E-state index contributed by atoms with van der Waals surface area (Å²) in [5.41, 5.74) is 2.39. The Hall–Kier alpha value is -3.12. The third-order valence-corrected chi connectivity index (χ3v) is 4.16. The number of aliphatic carboxylic acids is 1. The first-order valence-electron chi connectivity index (χ1n) is 8.46. The highest BCUT2D eigenvalue weighted by Gasteiger charge is 2.14. The molecule has 0 aliphatic heterocycles. The van der Waals surface area contributed by atoms with Gasteiger partial charge in [-0.3, -0.25) is 9.59 Å². The predicted molar refractivity (Wildman–Crippen MR) is 104 cm³/mol. The van der Waals surface area contributed by atoms with Crippen LogP contribution in [-0.4, -0.2) is 26.8 Å². The molecule has 27 heavy (non-hydrogen) atoms. The van der Waals surface area contributed by atoms with Gasteiger partial charge in [0.05, 0.1) is 11.4 Å². The Morgan fingerprint density at radius 1 is 1.04 bits per heavy atom. The zero-order chi connectivity index (χ0) is 19.2. The number of rotatable bonds is 7. The van der Waals surface area contributed by atoms with Crippen molar-refractivity contribution in [3.8, 4) is 16.9 Å². The van der Waals surface area contributed by atoms with E-state index >= 15 is 0 Å². The zero-order valence-electron chi connectivity index (χ0n) is 14.4. The fourth-order valence-corrected chi connectivity index (χ4v) is 2.73. The standard InChI is InChI=1S/C20H18ClN3O3/c21-15-9-11-16(12-10-15)24-18(22-19(25)7-4-8-20(26)27)13-17(23-24)14-5-2-1-3-6-14/h1-3,5-6,9-13H,4,7-8H2,(H,22,25)(H,26,27). The lowest BCUT2D eigenvalue weighted by Gasteiger charge is -2.08. The van der Waals surface area contributed by atoms with Crippen LogP contribution < -0.4 is 5.32 Å². The summed E-state index contributed by atoms with van der Waals surface area (Å²) < 4.78 is 1.63. The molecule has 1 aromatic heterocycles. The van der Waals surface area contributed by atoms with Crippen molar-refractivity contribution in [3.05, 3.63) is 65.7 Å². The van der Waals surface area contributed by atoms with E-state index in [9.17, 15) is 9.59 Å². The van der Waals surface area contributed by atoms with Crippen LogP contribution in [0.1, 0.15) is 19.3 Å². The van der Waals surface area contributed by atoms with E-state index in [1.165, 1.54) is 0 Å². The van der Waals surface area contributed by atoms with Gasteiger partial charge in [0.2, 0.25) is 5.91 Å². The number of carbonyl (C=O) groups is 2. The monoisotopic (exact) mass is 383 g/mol. The van der Waals surface area contributed by atoms with Crippen LogP contribution >= 0.6 is 11.6 Å². The summed E-state index contributed by atoms with van der Waals surface area (Å²) in [5, 5.41) is 16.7. The number of carbonyl (C=O) groups excluding carboxylic acids is 1. The largest absolute Gasteiger partial charge is 0.481 e. The second kappa shape index (κ2) is 8.51. The zero-order valence-corrected chi connectivity index (χ0v) is 15.2. The van der Waals surface area contributed by atoms with Crippen LogP contribution in [0.15, 0.2) is 60.7 Å². The normalized spacial score (nSPS) is 10.6. The molecule has 0 fully saturated rings.